The number of ether oxygens (including phenoxy) is 4. The number of aromatic amines is 1. The first-order valence-corrected chi connectivity index (χ1v) is 9.44. The molecule has 2 N–H and O–H groups in total. The molecule has 3 rings (SSSR count). The molecule has 0 bridgehead atoms. The first-order valence-electron chi connectivity index (χ1n) is 9.44. The average Bonchev–Trinajstić information content (AvgIpc) is 3.21. The molecular formula is C18H21N5O9. The Morgan fingerprint density at radius 2 is 1.75 bits per heavy atom. The second kappa shape index (κ2) is 9.13. The van der Waals surface area contributed by atoms with Crippen LogP contribution in [0.2, 0.25) is 0 Å². The van der Waals surface area contributed by atoms with Gasteiger partial charge in [0, 0.05) is 27.7 Å². The van der Waals surface area contributed by atoms with E-state index in [4.69, 9.17) is 18.9 Å². The first-order chi connectivity index (χ1) is 15.1. The van der Waals surface area contributed by atoms with Gasteiger partial charge < -0.3 is 18.9 Å². The zero-order valence-corrected chi connectivity index (χ0v) is 17.6. The normalized spacial score (nSPS) is 22.4. The molecule has 0 spiro atoms. The third-order valence-corrected chi connectivity index (χ3v) is 4.34. The van der Waals surface area contributed by atoms with Gasteiger partial charge in [0.15, 0.2) is 29.6 Å². The second-order valence-corrected chi connectivity index (χ2v) is 6.94. The Bertz CT molecular complexity index is 1120. The van der Waals surface area contributed by atoms with Crippen LogP contribution >= 0.6 is 0 Å². The third kappa shape index (κ3) is 4.91. The lowest BCUT2D eigenvalue weighted by molar-refractivity contribution is -0.166. The van der Waals surface area contributed by atoms with Gasteiger partial charge in [-0.1, -0.05) is 0 Å². The van der Waals surface area contributed by atoms with Gasteiger partial charge in [-0.3, -0.25) is 38.8 Å². The molecule has 3 heterocycles. The van der Waals surface area contributed by atoms with E-state index >= 15 is 0 Å². The molecule has 0 aromatic carbocycles. The fraction of sp³-hybridized carbons (Fsp3) is 0.500. The molecule has 2 aromatic rings. The summed E-state index contributed by atoms with van der Waals surface area (Å²) in [6.07, 6.45) is -3.22. The number of hydrogen-bond acceptors (Lipinski definition) is 11. The maximum absolute atomic E-state index is 12.3. The standard InChI is InChI=1S/C18H21N5O9/c1-7(24)20-18-21-15-12(16(28)22-18)19-6-23(15)17-14(31-10(4)27)13(30-9(3)26)11(32-17)5-29-8(2)25/h6,11,13-14,17H,5H2,1-4H3,(H2,20,21,22,24,28)/t11-,13-,14+,17+/m1/s1. The molecule has 1 fully saturated rings. The van der Waals surface area contributed by atoms with Crippen molar-refractivity contribution in [2.75, 3.05) is 11.9 Å². The molecule has 0 saturated carbocycles. The van der Waals surface area contributed by atoms with Crippen molar-refractivity contribution in [1.29, 1.82) is 0 Å². The number of nitrogens with zero attached hydrogens (tertiary/aromatic N) is 3. The largest absolute Gasteiger partial charge is 0.463 e. The van der Waals surface area contributed by atoms with E-state index in [1.165, 1.54) is 24.7 Å². The third-order valence-electron chi connectivity index (χ3n) is 4.34. The summed E-state index contributed by atoms with van der Waals surface area (Å²) in [7, 11) is 0. The number of fused-ring (bicyclic) bond motifs is 1. The van der Waals surface area contributed by atoms with E-state index < -0.39 is 53.9 Å². The number of esters is 3. The fourth-order valence-electron chi connectivity index (χ4n) is 3.26. The summed E-state index contributed by atoms with van der Waals surface area (Å²) in [5.41, 5.74) is -0.696. The van der Waals surface area contributed by atoms with Crippen LogP contribution in [0.4, 0.5) is 5.95 Å². The number of nitrogens with one attached hydrogen (secondary N) is 2. The lowest BCUT2D eigenvalue weighted by Crippen LogP contribution is -2.40. The molecule has 0 aliphatic carbocycles. The van der Waals surface area contributed by atoms with Gasteiger partial charge in [0.1, 0.15) is 12.7 Å². The number of imidazole rings is 1. The van der Waals surface area contributed by atoms with Crippen molar-refractivity contribution in [3.05, 3.63) is 16.7 Å². The van der Waals surface area contributed by atoms with Gasteiger partial charge in [-0.25, -0.2) is 4.98 Å². The number of amides is 1. The summed E-state index contributed by atoms with van der Waals surface area (Å²) < 4.78 is 22.8. The molecule has 32 heavy (non-hydrogen) atoms. The Morgan fingerprint density at radius 1 is 1.09 bits per heavy atom. The number of carbonyl (C=O) groups is 4. The number of aromatic nitrogens is 4. The zero-order valence-electron chi connectivity index (χ0n) is 17.6. The van der Waals surface area contributed by atoms with Crippen molar-refractivity contribution >= 4 is 40.9 Å². The highest BCUT2D eigenvalue weighted by atomic mass is 16.7. The van der Waals surface area contributed by atoms with Crippen LogP contribution in [0.3, 0.4) is 0 Å². The SMILES string of the molecule is CC(=O)Nc1nc2c(ncn2[C@H]2O[C@H](COC(C)=O)[C@@H](OC(C)=O)[C@@H]2OC(C)=O)c(=O)[nH]1. The van der Waals surface area contributed by atoms with E-state index in [9.17, 15) is 24.0 Å². The lowest BCUT2D eigenvalue weighted by atomic mass is 10.1. The van der Waals surface area contributed by atoms with Crippen LogP contribution in [0.5, 0.6) is 0 Å². The van der Waals surface area contributed by atoms with Crippen LogP contribution in [0.25, 0.3) is 11.2 Å². The summed E-state index contributed by atoms with van der Waals surface area (Å²) in [5.74, 6) is -2.56. The van der Waals surface area contributed by atoms with E-state index in [2.05, 4.69) is 20.3 Å². The van der Waals surface area contributed by atoms with E-state index in [1.807, 2.05) is 0 Å². The molecule has 2 aromatic heterocycles. The molecule has 14 nitrogen and oxygen atoms in total. The minimum Gasteiger partial charge on any atom is -0.463 e. The van der Waals surface area contributed by atoms with Crippen molar-refractivity contribution in [2.24, 2.45) is 0 Å². The number of carbonyl (C=O) groups excluding carboxylic acids is 4. The smallest absolute Gasteiger partial charge is 0.303 e. The summed E-state index contributed by atoms with van der Waals surface area (Å²) in [5, 5.41) is 2.37. The number of rotatable bonds is 6. The van der Waals surface area contributed by atoms with Crippen molar-refractivity contribution in [1.82, 2.24) is 19.5 Å². The molecule has 0 radical (unpaired) electrons. The minimum atomic E-state index is -1.18. The van der Waals surface area contributed by atoms with Crippen LogP contribution in [0.1, 0.15) is 33.9 Å². The van der Waals surface area contributed by atoms with Crippen LogP contribution in [-0.2, 0) is 38.1 Å². The first kappa shape index (κ1) is 22.9. The molecular weight excluding hydrogens is 430 g/mol. The van der Waals surface area contributed by atoms with Crippen molar-refractivity contribution in [3.63, 3.8) is 0 Å². The van der Waals surface area contributed by atoms with Crippen molar-refractivity contribution < 1.29 is 38.1 Å². The number of H-pyrrole nitrogens is 1. The van der Waals surface area contributed by atoms with Gasteiger partial charge >= 0.3 is 17.9 Å². The van der Waals surface area contributed by atoms with Crippen molar-refractivity contribution in [2.45, 2.75) is 52.2 Å². The van der Waals surface area contributed by atoms with Gasteiger partial charge in [-0.05, 0) is 0 Å². The predicted octanol–water partition coefficient (Wildman–Crippen LogP) is -0.598. The second-order valence-electron chi connectivity index (χ2n) is 6.94. The monoisotopic (exact) mass is 451 g/mol. The maximum Gasteiger partial charge on any atom is 0.303 e. The van der Waals surface area contributed by atoms with E-state index in [0.717, 1.165) is 13.8 Å². The maximum atomic E-state index is 12.3. The minimum absolute atomic E-state index is 0.00867. The molecule has 1 amide bonds. The van der Waals surface area contributed by atoms with Gasteiger partial charge in [0.05, 0.1) is 6.33 Å². The fourth-order valence-corrected chi connectivity index (χ4v) is 3.26. The molecule has 0 unspecified atom stereocenters. The Kier molecular flexibility index (Phi) is 6.53. The molecule has 1 aliphatic rings. The van der Waals surface area contributed by atoms with Gasteiger partial charge in [0.25, 0.3) is 5.56 Å². The molecule has 4 atom stereocenters. The van der Waals surface area contributed by atoms with Gasteiger partial charge in [-0.15, -0.1) is 0 Å². The van der Waals surface area contributed by atoms with E-state index in [1.54, 1.807) is 0 Å². The topological polar surface area (TPSA) is 181 Å². The average molecular weight is 451 g/mol. The Morgan fingerprint density at radius 3 is 2.34 bits per heavy atom. The molecule has 1 aliphatic heterocycles. The molecule has 1 saturated heterocycles. The molecule has 14 heteroatoms. The Balaban J connectivity index is 2.07. The number of anilines is 1. The highest BCUT2D eigenvalue weighted by Crippen LogP contribution is 2.35. The molecule has 172 valence electrons. The highest BCUT2D eigenvalue weighted by Gasteiger charge is 2.51. The summed E-state index contributed by atoms with van der Waals surface area (Å²) in [6.45, 7) is 4.46. The van der Waals surface area contributed by atoms with Crippen LogP contribution in [-0.4, -0.2) is 68.3 Å². The van der Waals surface area contributed by atoms with Crippen LogP contribution in [0.15, 0.2) is 11.1 Å². The van der Waals surface area contributed by atoms with Gasteiger partial charge in [0.2, 0.25) is 11.9 Å². The Labute approximate surface area is 180 Å². The van der Waals surface area contributed by atoms with E-state index in [-0.39, 0.29) is 23.7 Å². The highest BCUT2D eigenvalue weighted by molar-refractivity contribution is 5.87. The predicted molar refractivity (Wildman–Crippen MR) is 104 cm³/mol. The Hall–Kier alpha value is -3.81. The summed E-state index contributed by atoms with van der Waals surface area (Å²) in [6, 6.07) is 0. The lowest BCUT2D eigenvalue weighted by Gasteiger charge is -2.23. The summed E-state index contributed by atoms with van der Waals surface area (Å²) in [4.78, 5) is 69.0. The quantitative estimate of drug-likeness (QED) is 0.423. The number of hydrogen-bond donors (Lipinski definition) is 2. The zero-order chi connectivity index (χ0) is 23.6. The van der Waals surface area contributed by atoms with Crippen molar-refractivity contribution in [3.8, 4) is 0 Å². The van der Waals surface area contributed by atoms with Gasteiger partial charge in [-0.2, -0.15) is 4.98 Å². The summed E-state index contributed by atoms with van der Waals surface area (Å²) >= 11 is 0. The van der Waals surface area contributed by atoms with E-state index in [0.29, 0.717) is 0 Å². The van der Waals surface area contributed by atoms with Crippen LogP contribution < -0.4 is 10.9 Å². The van der Waals surface area contributed by atoms with Crippen LogP contribution in [0, 0.1) is 0 Å².